The summed E-state index contributed by atoms with van der Waals surface area (Å²) in [5.41, 5.74) is -0.679. The monoisotopic (exact) mass is 505 g/mol. The number of rotatable bonds is 2. The first-order valence-corrected chi connectivity index (χ1v) is 14.1. The third-order valence-corrected chi connectivity index (χ3v) is 12.5. The zero-order valence-corrected chi connectivity index (χ0v) is 23.7. The molecule has 0 radical (unpaired) electrons. The van der Waals surface area contributed by atoms with Gasteiger partial charge >= 0.3 is 5.97 Å². The lowest BCUT2D eigenvalue weighted by Crippen LogP contribution is -2.65. The Kier molecular flexibility index (Phi) is 5.47. The number of carbonyl (C=O) groups excluding carboxylic acids is 2. The summed E-state index contributed by atoms with van der Waals surface area (Å²) in [5.74, 6) is -0.803. The minimum Gasteiger partial charge on any atom is -0.481 e. The first-order valence-electron chi connectivity index (χ1n) is 14.1. The lowest BCUT2D eigenvalue weighted by atomic mass is 9.34. The number of ketones is 2. The number of aliphatic carboxylic acids is 1. The standard InChI is InChI=1S/C32H43NO4/c1-27(2)11-13-32(18-24(35)36)14-12-31(7)25(19(32)16-27)21(34)15-23-29(5)17-20(33-8)26(37)28(3,4)22(29)9-10-30(23,31)6/h15,17,19,22,25H,9-14,16,18H2,1-7H3,(H,35,36)/t19?,22-,25?,29-,30+,31+,32+/m0/s1. The molecule has 0 aromatic carbocycles. The summed E-state index contributed by atoms with van der Waals surface area (Å²) < 4.78 is 0. The first-order chi connectivity index (χ1) is 17.0. The van der Waals surface area contributed by atoms with E-state index >= 15 is 0 Å². The zero-order valence-electron chi connectivity index (χ0n) is 23.7. The van der Waals surface area contributed by atoms with Crippen molar-refractivity contribution >= 4 is 17.5 Å². The van der Waals surface area contributed by atoms with Crippen molar-refractivity contribution in [2.45, 2.75) is 99.8 Å². The van der Waals surface area contributed by atoms with Gasteiger partial charge in [0.25, 0.3) is 0 Å². The second-order valence-corrected chi connectivity index (χ2v) is 15.2. The Hall–Kier alpha value is -2.22. The van der Waals surface area contributed by atoms with Gasteiger partial charge in [-0.2, -0.15) is 0 Å². The molecule has 5 rings (SSSR count). The number of fused-ring (bicyclic) bond motifs is 7. The molecule has 0 saturated heterocycles. The van der Waals surface area contributed by atoms with E-state index < -0.39 is 16.8 Å². The fourth-order valence-electron chi connectivity index (χ4n) is 10.3. The van der Waals surface area contributed by atoms with E-state index in [2.05, 4.69) is 39.5 Å². The summed E-state index contributed by atoms with van der Waals surface area (Å²) in [5, 5.41) is 9.92. The van der Waals surface area contributed by atoms with Crippen LogP contribution in [0.4, 0.5) is 0 Å². The van der Waals surface area contributed by atoms with Crippen molar-refractivity contribution in [1.29, 1.82) is 0 Å². The van der Waals surface area contributed by atoms with Crippen LogP contribution in [0.3, 0.4) is 0 Å². The summed E-state index contributed by atoms with van der Waals surface area (Å²) in [6.07, 6.45) is 10.2. The van der Waals surface area contributed by atoms with Crippen molar-refractivity contribution in [2.75, 3.05) is 0 Å². The van der Waals surface area contributed by atoms with Crippen LogP contribution >= 0.6 is 0 Å². The van der Waals surface area contributed by atoms with Crippen molar-refractivity contribution in [3.05, 3.63) is 34.8 Å². The maximum Gasteiger partial charge on any atom is 0.303 e. The molecule has 37 heavy (non-hydrogen) atoms. The number of nitrogens with zero attached hydrogens (tertiary/aromatic N) is 1. The number of carboxylic acid groups (broad SMARTS) is 1. The Morgan fingerprint density at radius 2 is 1.68 bits per heavy atom. The van der Waals surface area contributed by atoms with Gasteiger partial charge in [0.2, 0.25) is 5.70 Å². The van der Waals surface area contributed by atoms with Crippen LogP contribution in [0, 0.1) is 56.8 Å². The molecule has 0 aliphatic heterocycles. The van der Waals surface area contributed by atoms with E-state index in [1.807, 2.05) is 26.0 Å². The molecule has 0 spiro atoms. The third kappa shape index (κ3) is 3.29. The number of allylic oxidation sites excluding steroid dienone is 4. The van der Waals surface area contributed by atoms with Gasteiger partial charge in [0, 0.05) is 16.7 Å². The number of hydrogen-bond donors (Lipinski definition) is 1. The van der Waals surface area contributed by atoms with Crippen molar-refractivity contribution < 1.29 is 19.5 Å². The number of Topliss-reactive ketones (excluding diaryl/α,β-unsaturated/α-hetero) is 1. The fraction of sp³-hybridized carbons (Fsp3) is 0.750. The molecule has 0 aromatic rings. The predicted octanol–water partition coefficient (Wildman–Crippen LogP) is 7.03. The van der Waals surface area contributed by atoms with Gasteiger partial charge in [-0.25, -0.2) is 4.85 Å². The van der Waals surface area contributed by atoms with Gasteiger partial charge in [-0.3, -0.25) is 9.59 Å². The van der Waals surface area contributed by atoms with Gasteiger partial charge in [-0.15, -0.1) is 0 Å². The van der Waals surface area contributed by atoms with Crippen LogP contribution in [0.15, 0.2) is 23.4 Å². The fourth-order valence-corrected chi connectivity index (χ4v) is 10.3. The molecule has 0 amide bonds. The van der Waals surface area contributed by atoms with E-state index in [1.54, 1.807) is 0 Å². The quantitative estimate of drug-likeness (QED) is 0.409. The topological polar surface area (TPSA) is 75.8 Å². The van der Waals surface area contributed by atoms with Gasteiger partial charge in [0.1, 0.15) is 0 Å². The molecular weight excluding hydrogens is 462 g/mol. The van der Waals surface area contributed by atoms with E-state index in [-0.39, 0.29) is 63.1 Å². The largest absolute Gasteiger partial charge is 0.481 e. The highest BCUT2D eigenvalue weighted by molar-refractivity contribution is 6.03. The number of hydrogen-bond acceptors (Lipinski definition) is 3. The number of carboxylic acids is 1. The second-order valence-electron chi connectivity index (χ2n) is 15.2. The normalized spacial score (nSPS) is 45.7. The Bertz CT molecular complexity index is 1200. The third-order valence-electron chi connectivity index (χ3n) is 12.5. The summed E-state index contributed by atoms with van der Waals surface area (Å²) in [6, 6.07) is 0. The maximum atomic E-state index is 14.3. The van der Waals surface area contributed by atoms with Gasteiger partial charge in [-0.05, 0) is 84.5 Å². The minimum absolute atomic E-state index is 0.0357. The molecule has 7 atom stereocenters. The molecule has 5 aliphatic carbocycles. The first kappa shape index (κ1) is 26.4. The predicted molar refractivity (Wildman–Crippen MR) is 142 cm³/mol. The Balaban J connectivity index is 1.69. The van der Waals surface area contributed by atoms with Crippen LogP contribution in [0.5, 0.6) is 0 Å². The van der Waals surface area contributed by atoms with Gasteiger partial charge in [0.15, 0.2) is 11.6 Å². The van der Waals surface area contributed by atoms with Gasteiger partial charge in [-0.1, -0.05) is 60.1 Å². The lowest BCUT2D eigenvalue weighted by Gasteiger charge is -2.69. The molecule has 5 heteroatoms. The second kappa shape index (κ2) is 7.67. The minimum atomic E-state index is -0.752. The molecule has 5 nitrogen and oxygen atoms in total. The molecule has 3 fully saturated rings. The van der Waals surface area contributed by atoms with Gasteiger partial charge in [0.05, 0.1) is 13.0 Å². The van der Waals surface area contributed by atoms with Crippen molar-refractivity contribution in [3.8, 4) is 0 Å². The summed E-state index contributed by atoms with van der Waals surface area (Å²) in [7, 11) is 0. The summed E-state index contributed by atoms with van der Waals surface area (Å²) in [6.45, 7) is 23.0. The van der Waals surface area contributed by atoms with Crippen LogP contribution in [-0.2, 0) is 14.4 Å². The average molecular weight is 506 g/mol. The van der Waals surface area contributed by atoms with E-state index in [1.165, 1.54) is 0 Å². The molecule has 0 aromatic heterocycles. The highest BCUT2D eigenvalue weighted by Crippen LogP contribution is 2.74. The van der Waals surface area contributed by atoms with E-state index in [0.29, 0.717) is 0 Å². The van der Waals surface area contributed by atoms with Crippen molar-refractivity contribution in [1.82, 2.24) is 0 Å². The highest BCUT2D eigenvalue weighted by atomic mass is 16.4. The highest BCUT2D eigenvalue weighted by Gasteiger charge is 2.69. The SMILES string of the molecule is [C-]#[N+]C1=C[C@]2(C)C3=CC(=O)C4C5CC(C)(C)CC[C@]5(CC(=O)O)CC[C@@]4(C)[C@]3(C)CC[C@H]2C(C)(C)C1=O. The van der Waals surface area contributed by atoms with Crippen LogP contribution in [0.1, 0.15) is 99.8 Å². The van der Waals surface area contributed by atoms with Gasteiger partial charge < -0.3 is 9.90 Å². The molecule has 3 saturated carbocycles. The molecule has 5 aliphatic rings. The van der Waals surface area contributed by atoms with Crippen molar-refractivity contribution in [2.24, 2.45) is 50.2 Å². The zero-order chi connectivity index (χ0) is 27.4. The van der Waals surface area contributed by atoms with Crippen LogP contribution in [0.2, 0.25) is 0 Å². The molecule has 0 bridgehead atoms. The molecule has 200 valence electrons. The smallest absolute Gasteiger partial charge is 0.303 e. The van der Waals surface area contributed by atoms with Crippen LogP contribution in [0.25, 0.3) is 4.85 Å². The van der Waals surface area contributed by atoms with Crippen LogP contribution < -0.4 is 0 Å². The molecule has 0 heterocycles. The van der Waals surface area contributed by atoms with E-state index in [0.717, 1.165) is 50.5 Å². The lowest BCUT2D eigenvalue weighted by molar-refractivity contribution is -0.177. The van der Waals surface area contributed by atoms with E-state index in [9.17, 15) is 19.5 Å². The number of carbonyl (C=O) groups is 3. The maximum absolute atomic E-state index is 14.3. The average Bonchev–Trinajstić information content (AvgIpc) is 2.78. The van der Waals surface area contributed by atoms with Crippen molar-refractivity contribution in [3.63, 3.8) is 0 Å². The Morgan fingerprint density at radius 1 is 1.03 bits per heavy atom. The molecular formula is C32H43NO4. The Morgan fingerprint density at radius 3 is 2.30 bits per heavy atom. The Labute approximate surface area is 222 Å². The summed E-state index contributed by atoms with van der Waals surface area (Å²) in [4.78, 5) is 43.3. The van der Waals surface area contributed by atoms with Crippen LogP contribution in [-0.4, -0.2) is 22.6 Å². The summed E-state index contributed by atoms with van der Waals surface area (Å²) >= 11 is 0. The van der Waals surface area contributed by atoms with E-state index in [4.69, 9.17) is 6.57 Å². The molecule has 2 unspecified atom stereocenters. The molecule has 1 N–H and O–H groups in total.